The molecule has 0 saturated heterocycles. The minimum absolute atomic E-state index is 0.0892. The van der Waals surface area contributed by atoms with Crippen LogP contribution in [0.5, 0.6) is 0 Å². The van der Waals surface area contributed by atoms with Gasteiger partial charge < -0.3 is 33.4 Å². The van der Waals surface area contributed by atoms with Gasteiger partial charge in [0, 0.05) is 6.42 Å². The van der Waals surface area contributed by atoms with Crippen molar-refractivity contribution < 1.29 is 37.7 Å². The highest BCUT2D eigenvalue weighted by Gasteiger charge is 2.45. The van der Waals surface area contributed by atoms with Gasteiger partial charge in [0.25, 0.3) is 5.91 Å². The molecule has 5 aromatic rings. The molecule has 10 heteroatoms. The highest BCUT2D eigenvalue weighted by Crippen LogP contribution is 2.30. The first-order valence-electron chi connectivity index (χ1n) is 21.6. The molecule has 0 aliphatic carbocycles. The topological polar surface area (TPSA) is 102 Å². The minimum atomic E-state index is -2.36. The lowest BCUT2D eigenvalue weighted by Crippen LogP contribution is -2.59. The van der Waals surface area contributed by atoms with Gasteiger partial charge in [0.2, 0.25) is 0 Å². The maximum Gasteiger partial charge on any atom is 0.328 e. The fourth-order valence-electron chi connectivity index (χ4n) is 7.31. The molecule has 0 radical (unpaired) electrons. The lowest BCUT2D eigenvalue weighted by Gasteiger charge is -2.41. The van der Waals surface area contributed by atoms with Crippen LogP contribution in [0.25, 0.3) is 0 Å². The van der Waals surface area contributed by atoms with Crippen LogP contribution in [-0.2, 0) is 70.5 Å². The van der Waals surface area contributed by atoms with Crippen LogP contribution in [0.15, 0.2) is 152 Å². The molecule has 9 nitrogen and oxygen atoms in total. The Labute approximate surface area is 363 Å². The van der Waals surface area contributed by atoms with Crippen LogP contribution in [0.3, 0.4) is 0 Å². The van der Waals surface area contributed by atoms with Crippen LogP contribution in [0.1, 0.15) is 55.5 Å². The van der Waals surface area contributed by atoms with Crippen molar-refractivity contribution in [1.82, 2.24) is 5.32 Å². The first kappa shape index (κ1) is 47.1. The van der Waals surface area contributed by atoms with Crippen LogP contribution in [0.4, 0.5) is 0 Å². The van der Waals surface area contributed by atoms with Crippen LogP contribution >= 0.6 is 0 Å². The summed E-state index contributed by atoms with van der Waals surface area (Å²) in [6.07, 6.45) is -3.65. The summed E-state index contributed by atoms with van der Waals surface area (Å²) in [6.45, 7) is 9.44. The standard InChI is InChI=1S/C51H63NO8Si/c1-5-56-51(54)45(34-40-24-14-9-15-25-40)52-50(53)49(59-38-44-32-22-13-23-33-44)48(58-37-43-30-20-12-21-31-43)47(57-36-42-28-18-11-19-29-42)46(60-61(6-2,7-3)8-4)39-55-35-41-26-16-10-17-27-41/h9-33,45-49H,5-8,34-39H2,1-4H3,(H,52,53)/t45-,46+,47+,48-,49-/m0/s1. The zero-order chi connectivity index (χ0) is 43.1. The monoisotopic (exact) mass is 845 g/mol. The lowest BCUT2D eigenvalue weighted by molar-refractivity contribution is -0.190. The Kier molecular flexibility index (Phi) is 19.9. The van der Waals surface area contributed by atoms with Crippen molar-refractivity contribution in [3.63, 3.8) is 0 Å². The summed E-state index contributed by atoms with van der Waals surface area (Å²) in [5.41, 5.74) is 4.61. The van der Waals surface area contributed by atoms with E-state index in [2.05, 4.69) is 26.1 Å². The Balaban J connectivity index is 1.62. The third-order valence-corrected chi connectivity index (χ3v) is 15.7. The number of carbonyl (C=O) groups excluding carboxylic acids is 2. The normalized spacial score (nSPS) is 14.0. The molecule has 0 unspecified atom stereocenters. The second kappa shape index (κ2) is 25.7. The first-order chi connectivity index (χ1) is 29.9. The van der Waals surface area contributed by atoms with E-state index in [0.717, 1.165) is 45.9 Å². The smallest absolute Gasteiger partial charge is 0.328 e. The van der Waals surface area contributed by atoms with Crippen molar-refractivity contribution in [2.24, 2.45) is 0 Å². The van der Waals surface area contributed by atoms with E-state index in [9.17, 15) is 4.79 Å². The number of esters is 1. The SMILES string of the molecule is CCOC(=O)[C@H](Cc1ccccc1)NC(=O)[C@@H](OCc1ccccc1)[C@@H](OCc1ccccc1)[C@H](OCc1ccccc1)[C@@H](COCc1ccccc1)O[Si](CC)(CC)CC. The molecule has 1 N–H and O–H groups in total. The molecule has 0 aliphatic rings. The Morgan fingerprint density at radius 2 is 0.934 bits per heavy atom. The molecule has 5 rings (SSSR count). The molecule has 0 spiro atoms. The largest absolute Gasteiger partial charge is 0.464 e. The molecule has 324 valence electrons. The Bertz CT molecular complexity index is 1940. The fraction of sp³-hybridized carbons (Fsp3) is 0.373. The van der Waals surface area contributed by atoms with Gasteiger partial charge in [-0.15, -0.1) is 0 Å². The summed E-state index contributed by atoms with van der Waals surface area (Å²) < 4.78 is 40.2. The summed E-state index contributed by atoms with van der Waals surface area (Å²) >= 11 is 0. The Morgan fingerprint density at radius 1 is 0.525 bits per heavy atom. The highest BCUT2D eigenvalue weighted by molar-refractivity contribution is 6.73. The quantitative estimate of drug-likeness (QED) is 0.0412. The van der Waals surface area contributed by atoms with Gasteiger partial charge in [-0.05, 0) is 52.9 Å². The Hall–Kier alpha value is -4.94. The van der Waals surface area contributed by atoms with Gasteiger partial charge in [-0.25, -0.2) is 4.79 Å². The van der Waals surface area contributed by atoms with E-state index < -0.39 is 50.7 Å². The molecule has 0 saturated carbocycles. The molecular formula is C51H63NO8Si. The van der Waals surface area contributed by atoms with Crippen molar-refractivity contribution in [1.29, 1.82) is 0 Å². The van der Waals surface area contributed by atoms with Gasteiger partial charge in [0.05, 0.1) is 45.7 Å². The van der Waals surface area contributed by atoms with Crippen LogP contribution < -0.4 is 5.32 Å². The molecule has 61 heavy (non-hydrogen) atoms. The van der Waals surface area contributed by atoms with E-state index >= 15 is 4.79 Å². The van der Waals surface area contributed by atoms with Crippen molar-refractivity contribution in [3.8, 4) is 0 Å². The van der Waals surface area contributed by atoms with Crippen LogP contribution in [0, 0.1) is 0 Å². The molecule has 0 aliphatic heterocycles. The number of carbonyl (C=O) groups is 2. The number of nitrogens with one attached hydrogen (secondary N) is 1. The van der Waals surface area contributed by atoms with Gasteiger partial charge in [0.1, 0.15) is 18.2 Å². The van der Waals surface area contributed by atoms with Crippen LogP contribution in [0.2, 0.25) is 18.1 Å². The maximum atomic E-state index is 15.1. The third kappa shape index (κ3) is 15.2. The first-order valence-corrected chi connectivity index (χ1v) is 24.2. The van der Waals surface area contributed by atoms with E-state index in [1.54, 1.807) is 6.92 Å². The van der Waals surface area contributed by atoms with E-state index in [1.165, 1.54) is 0 Å². The summed E-state index contributed by atoms with van der Waals surface area (Å²) in [5, 5.41) is 3.04. The van der Waals surface area contributed by atoms with Crippen LogP contribution in [-0.4, -0.2) is 63.9 Å². The van der Waals surface area contributed by atoms with E-state index in [0.29, 0.717) is 6.61 Å². The summed E-state index contributed by atoms with van der Waals surface area (Å²) in [7, 11) is -2.36. The van der Waals surface area contributed by atoms with Gasteiger partial charge in [-0.2, -0.15) is 0 Å². The van der Waals surface area contributed by atoms with Gasteiger partial charge in [0.15, 0.2) is 14.4 Å². The number of benzene rings is 5. The van der Waals surface area contributed by atoms with Gasteiger partial charge in [-0.1, -0.05) is 172 Å². The van der Waals surface area contributed by atoms with Gasteiger partial charge >= 0.3 is 5.97 Å². The summed E-state index contributed by atoms with van der Waals surface area (Å²) in [5.74, 6) is -1.08. The van der Waals surface area contributed by atoms with Crippen molar-refractivity contribution in [2.75, 3.05) is 13.2 Å². The maximum absolute atomic E-state index is 15.1. The Morgan fingerprint density at radius 3 is 1.38 bits per heavy atom. The average Bonchev–Trinajstić information content (AvgIpc) is 3.31. The number of ether oxygens (including phenoxy) is 5. The molecule has 0 heterocycles. The minimum Gasteiger partial charge on any atom is -0.464 e. The number of rotatable bonds is 27. The lowest BCUT2D eigenvalue weighted by atomic mass is 10.00. The van der Waals surface area contributed by atoms with Crippen molar-refractivity contribution in [3.05, 3.63) is 179 Å². The van der Waals surface area contributed by atoms with Crippen molar-refractivity contribution in [2.45, 2.75) is 109 Å². The average molecular weight is 846 g/mol. The predicted molar refractivity (Wildman–Crippen MR) is 242 cm³/mol. The zero-order valence-corrected chi connectivity index (χ0v) is 37.2. The second-order valence-corrected chi connectivity index (χ2v) is 19.9. The molecule has 1 amide bonds. The number of hydrogen-bond acceptors (Lipinski definition) is 8. The van der Waals surface area contributed by atoms with E-state index in [1.807, 2.05) is 152 Å². The molecule has 0 fully saturated rings. The molecule has 5 atom stereocenters. The van der Waals surface area contributed by atoms with E-state index in [-0.39, 0.29) is 39.5 Å². The molecule has 0 bridgehead atoms. The number of hydrogen-bond donors (Lipinski definition) is 1. The highest BCUT2D eigenvalue weighted by atomic mass is 28.4. The summed E-state index contributed by atoms with van der Waals surface area (Å²) in [6, 6.07) is 50.6. The van der Waals surface area contributed by atoms with Crippen molar-refractivity contribution >= 4 is 20.2 Å². The second-order valence-electron chi connectivity index (χ2n) is 15.1. The molecule has 5 aromatic carbocycles. The number of amides is 1. The predicted octanol–water partition coefficient (Wildman–Crippen LogP) is 9.64. The molecule has 0 aromatic heterocycles. The molecular weight excluding hydrogens is 783 g/mol. The van der Waals surface area contributed by atoms with E-state index in [4.69, 9.17) is 28.1 Å². The fourth-order valence-corrected chi connectivity index (χ4v) is 10.1. The summed E-state index contributed by atoms with van der Waals surface area (Å²) in [4.78, 5) is 28.7. The third-order valence-electron chi connectivity index (χ3n) is 11.0. The zero-order valence-electron chi connectivity index (χ0n) is 36.2. The van der Waals surface area contributed by atoms with Gasteiger partial charge in [-0.3, -0.25) is 4.79 Å².